The third-order valence-electron chi connectivity index (χ3n) is 7.02. The highest BCUT2D eigenvalue weighted by Crippen LogP contribution is 2.36. The standard InChI is InChI=1S/C30H29N5O3S/c1-19-18-39-28(34-19)24-9-6-11-35(24)29(36)23-14-21(26-32-10-12-37-26)13-22(15-23)27-33-17-25(38-27)30(2,31)16-20-7-4-3-5-8-20/h3-5,7-8,10,12-15,17-18,24H,6,9,11,16,31H2,1-2H3. The number of benzene rings is 2. The number of hydrogen-bond acceptors (Lipinski definition) is 8. The molecule has 9 heteroatoms. The fourth-order valence-corrected chi connectivity index (χ4v) is 6.04. The molecule has 0 saturated carbocycles. The van der Waals surface area contributed by atoms with Crippen LogP contribution < -0.4 is 5.73 Å². The number of carbonyl (C=O) groups excluding carboxylic acids is 1. The first-order valence-electron chi connectivity index (χ1n) is 12.9. The second-order valence-electron chi connectivity index (χ2n) is 10.2. The Morgan fingerprint density at radius 3 is 2.67 bits per heavy atom. The number of aryl methyl sites for hydroxylation is 1. The molecule has 1 amide bonds. The molecule has 4 heterocycles. The predicted octanol–water partition coefficient (Wildman–Crippen LogP) is 6.16. The molecule has 198 valence electrons. The Morgan fingerprint density at radius 1 is 1.15 bits per heavy atom. The molecule has 0 spiro atoms. The van der Waals surface area contributed by atoms with Crippen LogP contribution in [0.4, 0.5) is 0 Å². The lowest BCUT2D eigenvalue weighted by molar-refractivity contribution is 0.0735. The van der Waals surface area contributed by atoms with Crippen LogP contribution in [0.1, 0.15) is 58.2 Å². The van der Waals surface area contributed by atoms with Crippen molar-refractivity contribution in [1.29, 1.82) is 0 Å². The van der Waals surface area contributed by atoms with Crippen LogP contribution in [-0.4, -0.2) is 32.3 Å². The van der Waals surface area contributed by atoms with Gasteiger partial charge in [0.05, 0.1) is 24.0 Å². The van der Waals surface area contributed by atoms with Crippen LogP contribution in [0.2, 0.25) is 0 Å². The molecule has 2 aromatic carbocycles. The fourth-order valence-electron chi connectivity index (χ4n) is 5.10. The van der Waals surface area contributed by atoms with E-state index in [0.717, 1.165) is 29.1 Å². The molecule has 3 aromatic heterocycles. The molecule has 1 saturated heterocycles. The Labute approximate surface area is 230 Å². The molecule has 1 fully saturated rings. The number of amides is 1. The second-order valence-corrected chi connectivity index (χ2v) is 11.1. The van der Waals surface area contributed by atoms with Gasteiger partial charge in [0.25, 0.3) is 5.91 Å². The lowest BCUT2D eigenvalue weighted by atomic mass is 9.92. The van der Waals surface area contributed by atoms with Crippen LogP contribution in [-0.2, 0) is 12.0 Å². The zero-order valence-corrected chi connectivity index (χ0v) is 22.6. The number of nitrogens with zero attached hydrogens (tertiary/aromatic N) is 4. The van der Waals surface area contributed by atoms with Gasteiger partial charge in [-0.15, -0.1) is 11.3 Å². The van der Waals surface area contributed by atoms with E-state index in [2.05, 4.69) is 15.0 Å². The largest absolute Gasteiger partial charge is 0.445 e. The lowest BCUT2D eigenvalue weighted by Crippen LogP contribution is -2.35. The average Bonchev–Trinajstić information content (AvgIpc) is 3.74. The number of oxazole rings is 2. The summed E-state index contributed by atoms with van der Waals surface area (Å²) >= 11 is 1.60. The van der Waals surface area contributed by atoms with Gasteiger partial charge in [0.15, 0.2) is 0 Å². The molecule has 6 rings (SSSR count). The summed E-state index contributed by atoms with van der Waals surface area (Å²) in [5, 5.41) is 3.00. The highest BCUT2D eigenvalue weighted by molar-refractivity contribution is 7.09. The first-order chi connectivity index (χ1) is 18.9. The van der Waals surface area contributed by atoms with Gasteiger partial charge in [-0.2, -0.15) is 0 Å². The van der Waals surface area contributed by atoms with Gasteiger partial charge >= 0.3 is 0 Å². The van der Waals surface area contributed by atoms with Crippen LogP contribution in [0.15, 0.2) is 81.4 Å². The monoisotopic (exact) mass is 539 g/mol. The van der Waals surface area contributed by atoms with Crippen molar-refractivity contribution in [1.82, 2.24) is 19.9 Å². The molecule has 8 nitrogen and oxygen atoms in total. The molecule has 1 aliphatic rings. The normalized spacial score (nSPS) is 16.9. The molecular formula is C30H29N5O3S. The Balaban J connectivity index is 1.35. The predicted molar refractivity (Wildman–Crippen MR) is 149 cm³/mol. The van der Waals surface area contributed by atoms with Gasteiger partial charge < -0.3 is 19.5 Å². The van der Waals surface area contributed by atoms with E-state index in [1.807, 2.05) is 72.7 Å². The summed E-state index contributed by atoms with van der Waals surface area (Å²) in [4.78, 5) is 29.3. The lowest BCUT2D eigenvalue weighted by Gasteiger charge is -2.23. The SMILES string of the molecule is Cc1csc(C2CCCN2C(=O)c2cc(-c3ncco3)cc(-c3ncc(C(C)(N)Cc4ccccc4)o3)c2)n1. The van der Waals surface area contributed by atoms with Crippen molar-refractivity contribution in [3.63, 3.8) is 0 Å². The zero-order chi connectivity index (χ0) is 27.0. The van der Waals surface area contributed by atoms with Gasteiger partial charge in [-0.05, 0) is 56.9 Å². The van der Waals surface area contributed by atoms with Crippen molar-refractivity contribution < 1.29 is 13.6 Å². The van der Waals surface area contributed by atoms with E-state index in [-0.39, 0.29) is 11.9 Å². The van der Waals surface area contributed by atoms with Crippen LogP contribution in [0.5, 0.6) is 0 Å². The minimum absolute atomic E-state index is 0.0330. The van der Waals surface area contributed by atoms with Crippen molar-refractivity contribution >= 4 is 17.2 Å². The molecule has 2 N–H and O–H groups in total. The Morgan fingerprint density at radius 2 is 1.95 bits per heavy atom. The maximum atomic E-state index is 13.9. The van der Waals surface area contributed by atoms with Crippen LogP contribution in [0.3, 0.4) is 0 Å². The number of aromatic nitrogens is 3. The summed E-state index contributed by atoms with van der Waals surface area (Å²) in [5.41, 5.74) is 9.82. The third-order valence-corrected chi connectivity index (χ3v) is 8.09. The molecule has 39 heavy (non-hydrogen) atoms. The quantitative estimate of drug-likeness (QED) is 0.264. The zero-order valence-electron chi connectivity index (χ0n) is 21.8. The van der Waals surface area contributed by atoms with E-state index in [1.165, 1.54) is 6.26 Å². The topological polar surface area (TPSA) is 111 Å². The molecule has 1 aliphatic heterocycles. The van der Waals surface area contributed by atoms with Gasteiger partial charge in [0.1, 0.15) is 17.0 Å². The molecule has 0 bridgehead atoms. The number of carbonyl (C=O) groups is 1. The van der Waals surface area contributed by atoms with Crippen molar-refractivity contribution in [2.45, 2.75) is 44.7 Å². The smallest absolute Gasteiger partial charge is 0.254 e. The van der Waals surface area contributed by atoms with Gasteiger partial charge in [-0.1, -0.05) is 30.3 Å². The van der Waals surface area contributed by atoms with E-state index < -0.39 is 5.54 Å². The minimum Gasteiger partial charge on any atom is -0.445 e. The molecule has 2 unspecified atom stereocenters. The van der Waals surface area contributed by atoms with Gasteiger partial charge in [0.2, 0.25) is 11.8 Å². The van der Waals surface area contributed by atoms with Gasteiger partial charge in [-0.3, -0.25) is 4.79 Å². The first-order valence-corrected chi connectivity index (χ1v) is 13.8. The molecule has 5 aromatic rings. The summed E-state index contributed by atoms with van der Waals surface area (Å²) in [5.74, 6) is 1.29. The Hall–Kier alpha value is -4.08. The summed E-state index contributed by atoms with van der Waals surface area (Å²) in [6, 6.07) is 15.5. The van der Waals surface area contributed by atoms with Crippen molar-refractivity contribution in [3.05, 3.63) is 100 Å². The molecule has 0 aliphatic carbocycles. The van der Waals surface area contributed by atoms with E-state index in [1.54, 1.807) is 23.7 Å². The Bertz CT molecular complexity index is 1590. The fraction of sp³-hybridized carbons (Fsp3) is 0.267. The number of rotatable bonds is 7. The number of thiazole rings is 1. The summed E-state index contributed by atoms with van der Waals surface area (Å²) in [6.07, 6.45) is 7.18. The molecular weight excluding hydrogens is 510 g/mol. The average molecular weight is 540 g/mol. The van der Waals surface area contributed by atoms with Crippen molar-refractivity contribution in [2.75, 3.05) is 6.54 Å². The van der Waals surface area contributed by atoms with Gasteiger partial charge in [0, 0.05) is 34.3 Å². The van der Waals surface area contributed by atoms with E-state index >= 15 is 0 Å². The van der Waals surface area contributed by atoms with E-state index in [4.69, 9.17) is 14.6 Å². The summed E-state index contributed by atoms with van der Waals surface area (Å²) in [6.45, 7) is 4.58. The van der Waals surface area contributed by atoms with Gasteiger partial charge in [-0.25, -0.2) is 15.0 Å². The van der Waals surface area contributed by atoms with Crippen LogP contribution in [0.25, 0.3) is 22.9 Å². The van der Waals surface area contributed by atoms with Crippen LogP contribution >= 0.6 is 11.3 Å². The maximum Gasteiger partial charge on any atom is 0.254 e. The summed E-state index contributed by atoms with van der Waals surface area (Å²) in [7, 11) is 0. The number of likely N-dealkylation sites (tertiary alicyclic amines) is 1. The highest BCUT2D eigenvalue weighted by atomic mass is 32.1. The first kappa shape index (κ1) is 25.2. The molecule has 0 radical (unpaired) electrons. The van der Waals surface area contributed by atoms with Crippen LogP contribution in [0, 0.1) is 6.92 Å². The Kier molecular flexibility index (Phi) is 6.62. The molecule has 2 atom stereocenters. The number of nitrogens with two attached hydrogens (primary N) is 1. The minimum atomic E-state index is -0.764. The summed E-state index contributed by atoms with van der Waals surface area (Å²) < 4.78 is 11.8. The third kappa shape index (κ3) is 5.15. The van der Waals surface area contributed by atoms with E-state index in [0.29, 0.717) is 47.2 Å². The van der Waals surface area contributed by atoms with E-state index in [9.17, 15) is 4.79 Å². The van der Waals surface area contributed by atoms with Crippen molar-refractivity contribution in [2.24, 2.45) is 5.73 Å². The van der Waals surface area contributed by atoms with Crippen molar-refractivity contribution in [3.8, 4) is 22.9 Å². The number of hydrogen-bond donors (Lipinski definition) is 1. The maximum absolute atomic E-state index is 13.9. The second kappa shape index (κ2) is 10.2. The highest BCUT2D eigenvalue weighted by Gasteiger charge is 2.33.